The highest BCUT2D eigenvalue weighted by Crippen LogP contribution is 2.26. The lowest BCUT2D eigenvalue weighted by molar-refractivity contribution is -0.115. The average Bonchev–Trinajstić information content (AvgIpc) is 2.69. The maximum Gasteiger partial charge on any atom is 0.226 e. The van der Waals surface area contributed by atoms with Crippen LogP contribution in [0, 0.1) is 11.3 Å². The Morgan fingerprint density at radius 2 is 1.77 bits per heavy atom. The number of morpholine rings is 1. The molecule has 1 amide bonds. The summed E-state index contributed by atoms with van der Waals surface area (Å²) in [5, 5.41) is 15.2. The standard InChI is InChI=1S/C20H22N4O2/c21-15-16-5-1-2-6-17(16)22-10-9-20(25)23-18-7-3-4-8-19(18)24-11-13-26-14-12-24/h1-8,22H,9-14H2,(H,23,25). The van der Waals surface area contributed by atoms with E-state index in [0.717, 1.165) is 30.2 Å². The van der Waals surface area contributed by atoms with Crippen molar-refractivity contribution in [2.24, 2.45) is 0 Å². The second kappa shape index (κ2) is 8.88. The van der Waals surface area contributed by atoms with Gasteiger partial charge in [0.1, 0.15) is 6.07 Å². The van der Waals surface area contributed by atoms with E-state index in [2.05, 4.69) is 21.6 Å². The van der Waals surface area contributed by atoms with E-state index in [4.69, 9.17) is 10.00 Å². The molecule has 0 bridgehead atoms. The first-order chi connectivity index (χ1) is 12.8. The molecular formula is C20H22N4O2. The number of nitrogens with zero attached hydrogens (tertiary/aromatic N) is 2. The van der Waals surface area contributed by atoms with Gasteiger partial charge in [0.05, 0.1) is 35.8 Å². The van der Waals surface area contributed by atoms with Crippen LogP contribution in [-0.4, -0.2) is 38.8 Å². The molecule has 0 spiro atoms. The van der Waals surface area contributed by atoms with Gasteiger partial charge < -0.3 is 20.3 Å². The van der Waals surface area contributed by atoms with Crippen LogP contribution in [0.15, 0.2) is 48.5 Å². The molecule has 0 atom stereocenters. The van der Waals surface area contributed by atoms with Crippen LogP contribution >= 0.6 is 0 Å². The van der Waals surface area contributed by atoms with Gasteiger partial charge in [0.25, 0.3) is 0 Å². The molecule has 1 saturated heterocycles. The number of ether oxygens (including phenoxy) is 1. The molecule has 1 aliphatic rings. The van der Waals surface area contributed by atoms with Crippen molar-refractivity contribution in [1.82, 2.24) is 0 Å². The third kappa shape index (κ3) is 4.52. The molecule has 6 heteroatoms. The number of carbonyl (C=O) groups excluding carboxylic acids is 1. The van der Waals surface area contributed by atoms with Gasteiger partial charge in [-0.3, -0.25) is 4.79 Å². The summed E-state index contributed by atoms with van der Waals surface area (Å²) in [6.45, 7) is 3.50. The third-order valence-corrected chi connectivity index (χ3v) is 4.24. The summed E-state index contributed by atoms with van der Waals surface area (Å²) in [4.78, 5) is 14.6. The van der Waals surface area contributed by atoms with E-state index in [1.807, 2.05) is 42.5 Å². The molecule has 26 heavy (non-hydrogen) atoms. The van der Waals surface area contributed by atoms with Gasteiger partial charge in [-0.1, -0.05) is 24.3 Å². The number of amides is 1. The van der Waals surface area contributed by atoms with Crippen molar-refractivity contribution >= 4 is 23.0 Å². The Morgan fingerprint density at radius 1 is 1.08 bits per heavy atom. The molecule has 2 aromatic carbocycles. The summed E-state index contributed by atoms with van der Waals surface area (Å²) >= 11 is 0. The fourth-order valence-electron chi connectivity index (χ4n) is 2.92. The molecule has 0 saturated carbocycles. The van der Waals surface area contributed by atoms with E-state index >= 15 is 0 Å². The number of hydrogen-bond acceptors (Lipinski definition) is 5. The molecule has 1 aliphatic heterocycles. The summed E-state index contributed by atoms with van der Waals surface area (Å²) in [6, 6.07) is 17.2. The first kappa shape index (κ1) is 17.8. The van der Waals surface area contributed by atoms with Crippen molar-refractivity contribution in [3.8, 4) is 6.07 Å². The summed E-state index contributed by atoms with van der Waals surface area (Å²) < 4.78 is 5.40. The van der Waals surface area contributed by atoms with Crippen molar-refractivity contribution in [1.29, 1.82) is 5.26 Å². The van der Waals surface area contributed by atoms with E-state index in [-0.39, 0.29) is 5.91 Å². The van der Waals surface area contributed by atoms with Crippen LogP contribution in [0.1, 0.15) is 12.0 Å². The quantitative estimate of drug-likeness (QED) is 0.838. The molecule has 6 nitrogen and oxygen atoms in total. The second-order valence-corrected chi connectivity index (χ2v) is 6.00. The fourth-order valence-corrected chi connectivity index (χ4v) is 2.92. The number of hydrogen-bond donors (Lipinski definition) is 2. The average molecular weight is 350 g/mol. The van der Waals surface area contributed by atoms with Crippen LogP contribution in [-0.2, 0) is 9.53 Å². The first-order valence-corrected chi connectivity index (χ1v) is 8.72. The van der Waals surface area contributed by atoms with Gasteiger partial charge in [0.15, 0.2) is 0 Å². The van der Waals surface area contributed by atoms with Gasteiger partial charge in [-0.05, 0) is 24.3 Å². The highest BCUT2D eigenvalue weighted by atomic mass is 16.5. The zero-order chi connectivity index (χ0) is 18.2. The Balaban J connectivity index is 1.56. The Morgan fingerprint density at radius 3 is 2.54 bits per heavy atom. The molecule has 1 fully saturated rings. The summed E-state index contributed by atoms with van der Waals surface area (Å²) in [5.74, 6) is -0.0624. The summed E-state index contributed by atoms with van der Waals surface area (Å²) in [6.07, 6.45) is 0.317. The van der Waals surface area contributed by atoms with Crippen LogP contribution in [0.2, 0.25) is 0 Å². The highest BCUT2D eigenvalue weighted by molar-refractivity contribution is 5.94. The lowest BCUT2D eigenvalue weighted by Gasteiger charge is -2.30. The molecule has 0 unspecified atom stereocenters. The lowest BCUT2D eigenvalue weighted by Crippen LogP contribution is -2.36. The zero-order valence-corrected chi connectivity index (χ0v) is 14.6. The predicted molar refractivity (Wildman–Crippen MR) is 102 cm³/mol. The van der Waals surface area contributed by atoms with Gasteiger partial charge in [-0.2, -0.15) is 5.26 Å². The van der Waals surface area contributed by atoms with Gasteiger partial charge in [-0.25, -0.2) is 0 Å². The van der Waals surface area contributed by atoms with Crippen molar-refractivity contribution in [3.05, 3.63) is 54.1 Å². The monoisotopic (exact) mass is 350 g/mol. The van der Waals surface area contributed by atoms with E-state index in [1.54, 1.807) is 6.07 Å². The van der Waals surface area contributed by atoms with Crippen LogP contribution < -0.4 is 15.5 Å². The van der Waals surface area contributed by atoms with E-state index in [1.165, 1.54) is 0 Å². The number of anilines is 3. The second-order valence-electron chi connectivity index (χ2n) is 6.00. The largest absolute Gasteiger partial charge is 0.383 e. The fraction of sp³-hybridized carbons (Fsp3) is 0.300. The third-order valence-electron chi connectivity index (χ3n) is 4.24. The summed E-state index contributed by atoms with van der Waals surface area (Å²) in [5.41, 5.74) is 3.16. The number of nitriles is 1. The SMILES string of the molecule is N#Cc1ccccc1NCCC(=O)Nc1ccccc1N1CCOCC1. The Kier molecular flexibility index (Phi) is 6.07. The Bertz CT molecular complexity index is 794. The van der Waals surface area contributed by atoms with E-state index < -0.39 is 0 Å². The normalized spacial score (nSPS) is 13.7. The minimum atomic E-state index is -0.0624. The summed E-state index contributed by atoms with van der Waals surface area (Å²) in [7, 11) is 0. The topological polar surface area (TPSA) is 77.4 Å². The highest BCUT2D eigenvalue weighted by Gasteiger charge is 2.15. The molecule has 3 rings (SSSR count). The van der Waals surface area contributed by atoms with Gasteiger partial charge in [0, 0.05) is 26.1 Å². The number of carbonyl (C=O) groups is 1. The minimum absolute atomic E-state index is 0.0624. The Hall–Kier alpha value is -3.04. The molecule has 2 N–H and O–H groups in total. The molecule has 1 heterocycles. The lowest BCUT2D eigenvalue weighted by atomic mass is 10.2. The molecule has 0 radical (unpaired) electrons. The van der Waals surface area contributed by atoms with Crippen LogP contribution in [0.25, 0.3) is 0 Å². The van der Waals surface area contributed by atoms with E-state index in [0.29, 0.717) is 31.7 Å². The number of para-hydroxylation sites is 3. The molecule has 2 aromatic rings. The molecule has 0 aliphatic carbocycles. The molecule has 134 valence electrons. The minimum Gasteiger partial charge on any atom is -0.383 e. The first-order valence-electron chi connectivity index (χ1n) is 8.72. The van der Waals surface area contributed by atoms with Crippen molar-refractivity contribution in [2.45, 2.75) is 6.42 Å². The van der Waals surface area contributed by atoms with Crippen molar-refractivity contribution in [2.75, 3.05) is 48.4 Å². The van der Waals surface area contributed by atoms with Gasteiger partial charge in [-0.15, -0.1) is 0 Å². The Labute approximate surface area is 153 Å². The molecular weight excluding hydrogens is 328 g/mol. The van der Waals surface area contributed by atoms with Crippen LogP contribution in [0.5, 0.6) is 0 Å². The maximum atomic E-state index is 12.3. The predicted octanol–water partition coefficient (Wildman–Crippen LogP) is 2.84. The van der Waals surface area contributed by atoms with Gasteiger partial charge in [0.2, 0.25) is 5.91 Å². The van der Waals surface area contributed by atoms with Crippen molar-refractivity contribution < 1.29 is 9.53 Å². The van der Waals surface area contributed by atoms with Crippen LogP contribution in [0.4, 0.5) is 17.1 Å². The van der Waals surface area contributed by atoms with Gasteiger partial charge >= 0.3 is 0 Å². The van der Waals surface area contributed by atoms with Crippen LogP contribution in [0.3, 0.4) is 0 Å². The van der Waals surface area contributed by atoms with Crippen molar-refractivity contribution in [3.63, 3.8) is 0 Å². The van der Waals surface area contributed by atoms with E-state index in [9.17, 15) is 4.79 Å². The molecule has 0 aromatic heterocycles. The number of rotatable bonds is 6. The smallest absolute Gasteiger partial charge is 0.226 e. The number of benzene rings is 2. The number of nitrogens with one attached hydrogen (secondary N) is 2. The maximum absolute atomic E-state index is 12.3. The zero-order valence-electron chi connectivity index (χ0n) is 14.6.